The summed E-state index contributed by atoms with van der Waals surface area (Å²) in [5, 5.41) is 22.4. The summed E-state index contributed by atoms with van der Waals surface area (Å²) in [5.41, 5.74) is 1.43. The monoisotopic (exact) mass is 962 g/mol. The van der Waals surface area contributed by atoms with Gasteiger partial charge in [-0.1, -0.05) is 191 Å². The van der Waals surface area contributed by atoms with Crippen LogP contribution in [0.4, 0.5) is 0 Å². The molecule has 4 aromatic carbocycles. The minimum Gasteiger partial charge on any atom is -0.872 e. The van der Waals surface area contributed by atoms with Crippen molar-refractivity contribution in [1.29, 1.82) is 0 Å². The molecule has 356 valence electrons. The standard InChI is InChI=1S/2C26H38O5S.Ca/c2*1-2-3-4-5-6-7-8-9-10-11-12-13-16-22-21-23(19-20-24(22)27)31-25-17-14-15-18-26(25)32(28,29)30;/h2*14-15,17-21,27H,2-13,16H2,1H3,(H,28,29,30);/q;;+2/p-2. The van der Waals surface area contributed by atoms with Crippen LogP contribution in [-0.4, -0.2) is 68.8 Å². The molecular formula is C52H74CaO10S2. The van der Waals surface area contributed by atoms with Crippen molar-refractivity contribution < 1.29 is 45.6 Å². The van der Waals surface area contributed by atoms with Crippen LogP contribution in [0, 0.1) is 0 Å². The third-order valence-electron chi connectivity index (χ3n) is 11.4. The zero-order chi connectivity index (χ0) is 46.5. The van der Waals surface area contributed by atoms with Gasteiger partial charge in [0.1, 0.15) is 43.8 Å². The molecule has 0 spiro atoms. The van der Waals surface area contributed by atoms with Gasteiger partial charge in [0, 0.05) is 0 Å². The first-order valence-electron chi connectivity index (χ1n) is 23.9. The second kappa shape index (κ2) is 33.6. The predicted molar refractivity (Wildman–Crippen MR) is 260 cm³/mol. The Bertz CT molecular complexity index is 1970. The van der Waals surface area contributed by atoms with Crippen LogP contribution in [0.5, 0.6) is 34.5 Å². The Morgan fingerprint density at radius 1 is 0.477 bits per heavy atom. The number of benzene rings is 4. The quantitative estimate of drug-likeness (QED) is 0.0272. The summed E-state index contributed by atoms with van der Waals surface area (Å²) in [6.07, 6.45) is 31.8. The van der Waals surface area contributed by atoms with E-state index in [1.165, 1.54) is 177 Å². The maximum absolute atomic E-state index is 12.2. The van der Waals surface area contributed by atoms with Crippen LogP contribution >= 0.6 is 0 Å². The van der Waals surface area contributed by atoms with Crippen molar-refractivity contribution >= 4 is 58.0 Å². The van der Waals surface area contributed by atoms with E-state index >= 15 is 0 Å². The van der Waals surface area contributed by atoms with E-state index in [-0.39, 0.29) is 65.6 Å². The van der Waals surface area contributed by atoms with Crippen molar-refractivity contribution in [2.45, 2.75) is 191 Å². The molecule has 10 nitrogen and oxygen atoms in total. The van der Waals surface area contributed by atoms with Crippen molar-refractivity contribution in [1.82, 2.24) is 0 Å². The fourth-order valence-corrected chi connectivity index (χ4v) is 8.91. The summed E-state index contributed by atoms with van der Waals surface area (Å²) < 4.78 is 78.0. The number of hydrogen-bond donors (Lipinski definition) is 2. The summed E-state index contributed by atoms with van der Waals surface area (Å²) in [6, 6.07) is 21.1. The van der Waals surface area contributed by atoms with Crippen molar-refractivity contribution in [3.05, 3.63) is 96.1 Å². The predicted octanol–water partition coefficient (Wildman–Crippen LogP) is 14.0. The number of hydrogen-bond acceptors (Lipinski definition) is 9. The minimum atomic E-state index is -4.64. The summed E-state index contributed by atoms with van der Waals surface area (Å²) in [5.74, 6) is 0.964. The largest absolute Gasteiger partial charge is 2.00 e. The number of phenols is 1. The number of aryl methyl sites for hydroxylation is 2. The molecular weight excluding hydrogens is 889 g/mol. The van der Waals surface area contributed by atoms with Gasteiger partial charge in [-0.2, -0.15) is 8.42 Å². The van der Waals surface area contributed by atoms with Gasteiger partial charge in [0.2, 0.25) is 0 Å². The fraction of sp³-hybridized carbons (Fsp3) is 0.538. The van der Waals surface area contributed by atoms with Gasteiger partial charge in [0.15, 0.2) is 0 Å². The summed E-state index contributed by atoms with van der Waals surface area (Å²) >= 11 is 0. The van der Waals surface area contributed by atoms with Gasteiger partial charge in [-0.05, 0) is 85.8 Å². The SMILES string of the molecule is CCCCCCCCCCCCCCc1cc(Oc2ccccc2S(=O)(=O)O)ccc1O.CCCCCCCCCCCCCCc1cc(Oc2ccccc2S(=O)(=O)[O-])ccc1[O-].[Ca+2]. The van der Waals surface area contributed by atoms with E-state index in [1.807, 2.05) is 0 Å². The summed E-state index contributed by atoms with van der Waals surface area (Å²) in [7, 11) is -9.02. The first-order chi connectivity index (χ1) is 30.8. The Kier molecular flexibility index (Phi) is 30.1. The Morgan fingerprint density at radius 3 is 1.26 bits per heavy atom. The molecule has 0 saturated carbocycles. The van der Waals surface area contributed by atoms with Gasteiger partial charge < -0.3 is 24.2 Å². The van der Waals surface area contributed by atoms with Crippen molar-refractivity contribution in [3.63, 3.8) is 0 Å². The van der Waals surface area contributed by atoms with Crippen LogP contribution in [0.3, 0.4) is 0 Å². The van der Waals surface area contributed by atoms with E-state index in [0.29, 0.717) is 23.5 Å². The van der Waals surface area contributed by atoms with Gasteiger partial charge >= 0.3 is 37.7 Å². The molecule has 0 bridgehead atoms. The Balaban J connectivity index is 0.000000440. The second-order valence-electron chi connectivity index (χ2n) is 16.9. The van der Waals surface area contributed by atoms with E-state index in [9.17, 15) is 36.2 Å². The van der Waals surface area contributed by atoms with E-state index in [2.05, 4.69) is 13.8 Å². The van der Waals surface area contributed by atoms with Gasteiger partial charge in [-0.3, -0.25) is 4.55 Å². The van der Waals surface area contributed by atoms with Gasteiger partial charge in [-0.15, -0.1) is 5.75 Å². The van der Waals surface area contributed by atoms with Crippen LogP contribution in [-0.2, 0) is 33.1 Å². The Hall–Kier alpha value is -2.84. The molecule has 0 aliphatic heterocycles. The first kappa shape index (κ1) is 58.3. The number of para-hydroxylation sites is 2. The molecule has 0 radical (unpaired) electrons. The van der Waals surface area contributed by atoms with Crippen LogP contribution in [0.15, 0.2) is 94.7 Å². The number of unbranched alkanes of at least 4 members (excludes halogenated alkanes) is 22. The van der Waals surface area contributed by atoms with Crippen LogP contribution in [0.2, 0.25) is 0 Å². The topological polar surface area (TPSA) is 173 Å². The number of ether oxygens (including phenoxy) is 2. The van der Waals surface area contributed by atoms with Crippen LogP contribution in [0.25, 0.3) is 0 Å². The molecule has 0 saturated heterocycles. The molecule has 0 amide bonds. The zero-order valence-electron chi connectivity index (χ0n) is 39.2. The van der Waals surface area contributed by atoms with Gasteiger partial charge in [0.25, 0.3) is 10.1 Å². The molecule has 13 heteroatoms. The normalized spacial score (nSPS) is 11.4. The van der Waals surface area contributed by atoms with Crippen LogP contribution in [0.1, 0.15) is 179 Å². The third-order valence-corrected chi connectivity index (χ3v) is 13.2. The Morgan fingerprint density at radius 2 is 0.831 bits per heavy atom. The third kappa shape index (κ3) is 24.7. The first-order valence-corrected chi connectivity index (χ1v) is 26.8. The van der Waals surface area contributed by atoms with Crippen molar-refractivity contribution in [2.24, 2.45) is 0 Å². The van der Waals surface area contributed by atoms with Crippen molar-refractivity contribution in [2.75, 3.05) is 0 Å². The molecule has 65 heavy (non-hydrogen) atoms. The molecule has 0 aliphatic rings. The smallest absolute Gasteiger partial charge is 0.872 e. The van der Waals surface area contributed by atoms with E-state index in [4.69, 9.17) is 9.47 Å². The van der Waals surface area contributed by atoms with Gasteiger partial charge in [-0.25, -0.2) is 8.42 Å². The molecule has 0 unspecified atom stereocenters. The van der Waals surface area contributed by atoms with Gasteiger partial charge in [0.05, 0.1) is 4.90 Å². The summed E-state index contributed by atoms with van der Waals surface area (Å²) in [4.78, 5) is -0.690. The van der Waals surface area contributed by atoms with E-state index in [0.717, 1.165) is 37.7 Å². The molecule has 4 rings (SSSR count). The molecule has 4 aromatic rings. The number of rotatable bonds is 32. The molecule has 0 aliphatic carbocycles. The van der Waals surface area contributed by atoms with E-state index in [1.54, 1.807) is 36.4 Å². The van der Waals surface area contributed by atoms with Crippen LogP contribution < -0.4 is 14.6 Å². The maximum atomic E-state index is 12.2. The maximum Gasteiger partial charge on any atom is 2.00 e. The molecule has 2 N–H and O–H groups in total. The fourth-order valence-electron chi connectivity index (χ4n) is 7.70. The average molecular weight is 963 g/mol. The molecule has 0 aromatic heterocycles. The number of aromatic hydroxyl groups is 1. The van der Waals surface area contributed by atoms with Crippen molar-refractivity contribution in [3.8, 4) is 34.5 Å². The average Bonchev–Trinajstić information content (AvgIpc) is 3.26. The van der Waals surface area contributed by atoms with E-state index < -0.39 is 25.1 Å². The Labute approximate surface area is 421 Å². The molecule has 0 fully saturated rings. The molecule has 0 heterocycles. The number of phenolic OH excluding ortho intramolecular Hbond substituents is 1. The minimum absolute atomic E-state index is 0. The zero-order valence-corrected chi connectivity index (χ0v) is 43.0. The molecule has 0 atom stereocenters. The second-order valence-corrected chi connectivity index (χ2v) is 19.6. The summed E-state index contributed by atoms with van der Waals surface area (Å²) in [6.45, 7) is 4.49.